The summed E-state index contributed by atoms with van der Waals surface area (Å²) in [6.07, 6.45) is 0. The summed E-state index contributed by atoms with van der Waals surface area (Å²) in [5, 5.41) is 0. The molecule has 0 amide bonds. The van der Waals surface area contributed by atoms with Gasteiger partial charge in [0, 0.05) is 6.67 Å². The first-order valence-electron chi connectivity index (χ1n) is 2.55. The second-order valence-electron chi connectivity index (χ2n) is 1.90. The van der Waals surface area contributed by atoms with Crippen molar-refractivity contribution < 1.29 is 4.79 Å². The number of carbonyl (C=O) groups excluding carboxylic acids is 1. The lowest BCUT2D eigenvalue weighted by molar-refractivity contribution is -0.117. The predicted molar refractivity (Wildman–Crippen MR) is 32.4 cm³/mol. The van der Waals surface area contributed by atoms with Crippen molar-refractivity contribution in [3.8, 4) is 0 Å². The van der Waals surface area contributed by atoms with Crippen LogP contribution in [0.5, 0.6) is 0 Å². The fourth-order valence-electron chi connectivity index (χ4n) is 0.445. The lowest BCUT2D eigenvalue weighted by atomic mass is 10.4. The summed E-state index contributed by atoms with van der Waals surface area (Å²) in [4.78, 5) is 12.1. The van der Waals surface area contributed by atoms with E-state index in [0.717, 1.165) is 0 Å². The van der Waals surface area contributed by atoms with Gasteiger partial charge in [0.25, 0.3) is 0 Å². The zero-order chi connectivity index (χ0) is 6.57. The summed E-state index contributed by atoms with van der Waals surface area (Å²) in [6.45, 7) is 2.45. The van der Waals surface area contributed by atoms with Gasteiger partial charge in [-0.05, 0) is 14.0 Å². The van der Waals surface area contributed by atoms with Gasteiger partial charge in [0.2, 0.25) is 0 Å². The third-order valence-corrected chi connectivity index (χ3v) is 0.804. The fraction of sp³-hybridized carbons (Fsp3) is 0.800. The first-order valence-corrected chi connectivity index (χ1v) is 2.55. The Balaban J connectivity index is 3.24. The van der Waals surface area contributed by atoms with E-state index in [-0.39, 0.29) is 5.78 Å². The molecule has 2 N–H and O–H groups in total. The lowest BCUT2D eigenvalue weighted by Gasteiger charge is -2.09. The largest absolute Gasteiger partial charge is 0.318 e. The molecule has 3 nitrogen and oxygen atoms in total. The van der Waals surface area contributed by atoms with Crippen LogP contribution in [0, 0.1) is 0 Å². The molecule has 8 heavy (non-hydrogen) atoms. The smallest absolute Gasteiger partial charge is 0.143 e. The van der Waals surface area contributed by atoms with E-state index >= 15 is 0 Å². The van der Waals surface area contributed by atoms with Crippen LogP contribution in [0.3, 0.4) is 0 Å². The topological polar surface area (TPSA) is 46.3 Å². The van der Waals surface area contributed by atoms with E-state index < -0.39 is 0 Å². The maximum atomic E-state index is 10.3. The summed E-state index contributed by atoms with van der Waals surface area (Å²) >= 11 is 0. The average Bonchev–Trinajstić information content (AvgIpc) is 1.65. The summed E-state index contributed by atoms with van der Waals surface area (Å²) in [5.74, 6) is 0.151. The van der Waals surface area contributed by atoms with Crippen LogP contribution in [0.25, 0.3) is 0 Å². The van der Waals surface area contributed by atoms with Gasteiger partial charge in [-0.2, -0.15) is 0 Å². The normalized spacial score (nSPS) is 10.0. The van der Waals surface area contributed by atoms with Crippen LogP contribution in [0.4, 0.5) is 0 Å². The van der Waals surface area contributed by atoms with Gasteiger partial charge in [0.15, 0.2) is 0 Å². The fourth-order valence-corrected chi connectivity index (χ4v) is 0.445. The maximum absolute atomic E-state index is 10.3. The van der Waals surface area contributed by atoms with Crippen LogP contribution >= 0.6 is 0 Å². The number of rotatable bonds is 3. The SMILES string of the molecule is CC(=O)CN(C)CN. The first-order chi connectivity index (χ1) is 3.66. The van der Waals surface area contributed by atoms with Crippen LogP contribution in [0.2, 0.25) is 0 Å². The van der Waals surface area contributed by atoms with Crippen LogP contribution in [-0.2, 0) is 4.79 Å². The number of ketones is 1. The van der Waals surface area contributed by atoms with Gasteiger partial charge in [-0.1, -0.05) is 0 Å². The molecule has 0 atom stereocenters. The highest BCUT2D eigenvalue weighted by molar-refractivity contribution is 5.77. The third kappa shape index (κ3) is 3.77. The molecule has 0 saturated carbocycles. The Morgan fingerprint density at radius 1 is 1.75 bits per heavy atom. The number of hydrogen-bond donors (Lipinski definition) is 1. The Morgan fingerprint density at radius 3 is 2.38 bits per heavy atom. The molecule has 48 valence electrons. The summed E-state index contributed by atoms with van der Waals surface area (Å²) in [6, 6.07) is 0. The van der Waals surface area contributed by atoms with E-state index in [9.17, 15) is 4.79 Å². The minimum Gasteiger partial charge on any atom is -0.318 e. The highest BCUT2D eigenvalue weighted by Crippen LogP contribution is 1.75. The van der Waals surface area contributed by atoms with E-state index in [0.29, 0.717) is 13.2 Å². The zero-order valence-corrected chi connectivity index (χ0v) is 5.35. The monoisotopic (exact) mass is 116 g/mol. The molecule has 0 radical (unpaired) electrons. The number of nitrogens with zero attached hydrogens (tertiary/aromatic N) is 1. The van der Waals surface area contributed by atoms with Crippen LogP contribution in [0.1, 0.15) is 6.92 Å². The van der Waals surface area contributed by atoms with Crippen molar-refractivity contribution in [3.63, 3.8) is 0 Å². The molecule has 0 aliphatic rings. The highest BCUT2D eigenvalue weighted by Gasteiger charge is 1.95. The van der Waals surface area contributed by atoms with Crippen LogP contribution in [-0.4, -0.2) is 30.9 Å². The molecular weight excluding hydrogens is 104 g/mol. The minimum absolute atomic E-state index is 0.151. The van der Waals surface area contributed by atoms with Gasteiger partial charge < -0.3 is 5.73 Å². The van der Waals surface area contributed by atoms with Crippen molar-refractivity contribution in [2.45, 2.75) is 6.92 Å². The Labute approximate surface area is 49.5 Å². The van der Waals surface area contributed by atoms with Gasteiger partial charge in [-0.25, -0.2) is 0 Å². The maximum Gasteiger partial charge on any atom is 0.143 e. The Bertz CT molecular complexity index is 82.5. The Morgan fingerprint density at radius 2 is 2.25 bits per heavy atom. The van der Waals surface area contributed by atoms with Gasteiger partial charge in [0.05, 0.1) is 6.54 Å². The van der Waals surface area contributed by atoms with Crippen molar-refractivity contribution in [2.24, 2.45) is 5.73 Å². The first kappa shape index (κ1) is 7.59. The van der Waals surface area contributed by atoms with E-state index in [2.05, 4.69) is 0 Å². The van der Waals surface area contributed by atoms with Crippen molar-refractivity contribution in [1.29, 1.82) is 0 Å². The molecule has 0 spiro atoms. The standard InChI is InChI=1S/C5H12N2O/c1-5(8)3-7(2)4-6/h3-4,6H2,1-2H3. The molecule has 0 aromatic rings. The zero-order valence-electron chi connectivity index (χ0n) is 5.35. The number of nitrogens with two attached hydrogens (primary N) is 1. The predicted octanol–water partition coefficient (Wildman–Crippen LogP) is -0.577. The van der Waals surface area contributed by atoms with Gasteiger partial charge in [-0.15, -0.1) is 0 Å². The van der Waals surface area contributed by atoms with E-state index in [1.54, 1.807) is 18.9 Å². The molecule has 0 aliphatic heterocycles. The minimum atomic E-state index is 0.151. The van der Waals surface area contributed by atoms with Gasteiger partial charge >= 0.3 is 0 Å². The average molecular weight is 116 g/mol. The Hall–Kier alpha value is -0.410. The molecule has 0 aromatic heterocycles. The summed E-state index contributed by atoms with van der Waals surface area (Å²) in [5.41, 5.74) is 5.19. The van der Waals surface area contributed by atoms with E-state index in [1.165, 1.54) is 0 Å². The van der Waals surface area contributed by atoms with Crippen molar-refractivity contribution in [2.75, 3.05) is 20.3 Å². The van der Waals surface area contributed by atoms with Crippen molar-refractivity contribution in [3.05, 3.63) is 0 Å². The molecule has 0 heterocycles. The molecule has 3 heteroatoms. The highest BCUT2D eigenvalue weighted by atomic mass is 16.1. The number of likely N-dealkylation sites (N-methyl/N-ethyl adjacent to an activating group) is 1. The van der Waals surface area contributed by atoms with Crippen LogP contribution in [0.15, 0.2) is 0 Å². The van der Waals surface area contributed by atoms with E-state index in [4.69, 9.17) is 5.73 Å². The van der Waals surface area contributed by atoms with Crippen molar-refractivity contribution in [1.82, 2.24) is 4.90 Å². The van der Waals surface area contributed by atoms with E-state index in [1.807, 2.05) is 0 Å². The molecule has 0 aromatic carbocycles. The molecule has 0 rings (SSSR count). The number of hydrogen-bond acceptors (Lipinski definition) is 3. The molecule has 0 bridgehead atoms. The van der Waals surface area contributed by atoms with Crippen molar-refractivity contribution >= 4 is 5.78 Å². The van der Waals surface area contributed by atoms with Crippen LogP contribution < -0.4 is 5.73 Å². The molecule has 0 aliphatic carbocycles. The van der Waals surface area contributed by atoms with Gasteiger partial charge in [-0.3, -0.25) is 9.69 Å². The van der Waals surface area contributed by atoms with Gasteiger partial charge in [0.1, 0.15) is 5.78 Å². The second kappa shape index (κ2) is 3.57. The molecule has 0 saturated heterocycles. The molecular formula is C5H12N2O. The second-order valence-corrected chi connectivity index (χ2v) is 1.90. The number of carbonyl (C=O) groups is 1. The third-order valence-electron chi connectivity index (χ3n) is 0.804. The molecule has 0 fully saturated rings. The quantitative estimate of drug-likeness (QED) is 0.502. The number of Topliss-reactive ketones (excluding diaryl/α,β-unsaturated/α-hetero) is 1. The summed E-state index contributed by atoms with van der Waals surface area (Å²) < 4.78 is 0. The Kier molecular flexibility index (Phi) is 3.39. The lowest BCUT2D eigenvalue weighted by Crippen LogP contribution is -2.29. The summed E-state index contributed by atoms with van der Waals surface area (Å²) in [7, 11) is 1.81. The molecule has 0 unspecified atom stereocenters.